The quantitative estimate of drug-likeness (QED) is 0.897. The van der Waals surface area contributed by atoms with Gasteiger partial charge in [-0.2, -0.15) is 0 Å². The molecule has 2 amide bonds. The van der Waals surface area contributed by atoms with Crippen LogP contribution in [0.15, 0.2) is 30.3 Å². The van der Waals surface area contributed by atoms with Crippen molar-refractivity contribution in [1.82, 2.24) is 10.2 Å². The van der Waals surface area contributed by atoms with Crippen LogP contribution in [0.3, 0.4) is 0 Å². The number of nitrogens with one attached hydrogen (secondary N) is 1. The molecule has 1 saturated carbocycles. The first-order valence-electron chi connectivity index (χ1n) is 8.41. The average Bonchev–Trinajstić information content (AvgIpc) is 3.35. The molecule has 3 rings (SSSR count). The lowest BCUT2D eigenvalue weighted by Crippen LogP contribution is -2.52. The zero-order valence-corrected chi connectivity index (χ0v) is 13.2. The predicted molar refractivity (Wildman–Crippen MR) is 86.6 cm³/mol. The van der Waals surface area contributed by atoms with Crippen molar-refractivity contribution >= 4 is 6.03 Å². The number of amides is 2. The smallest absolute Gasteiger partial charge is 0.317 e. The number of likely N-dealkylation sites (tertiary alicyclic amines) is 1. The van der Waals surface area contributed by atoms with E-state index < -0.39 is 6.10 Å². The molecule has 4 nitrogen and oxygen atoms in total. The first-order chi connectivity index (χ1) is 10.6. The van der Waals surface area contributed by atoms with Gasteiger partial charge in [-0.25, -0.2) is 4.79 Å². The minimum atomic E-state index is -0.395. The van der Waals surface area contributed by atoms with E-state index >= 15 is 0 Å². The van der Waals surface area contributed by atoms with Crippen molar-refractivity contribution in [3.8, 4) is 0 Å². The van der Waals surface area contributed by atoms with Gasteiger partial charge >= 0.3 is 6.03 Å². The highest BCUT2D eigenvalue weighted by atomic mass is 16.3. The van der Waals surface area contributed by atoms with Crippen LogP contribution in [0, 0.1) is 11.8 Å². The normalized spacial score (nSPS) is 26.5. The van der Waals surface area contributed by atoms with Crippen LogP contribution in [0.4, 0.5) is 4.79 Å². The number of carbonyl (C=O) groups is 1. The van der Waals surface area contributed by atoms with E-state index in [0.717, 1.165) is 19.4 Å². The standard InChI is InChI=1S/C18H26N2O2/c1-13-9-10-20(12-17(13)21)18(22)19-16(15-7-8-15)11-14-5-3-2-4-6-14/h2-6,13,15-17,21H,7-12H2,1H3,(H,19,22). The summed E-state index contributed by atoms with van der Waals surface area (Å²) in [5, 5.41) is 13.2. The summed E-state index contributed by atoms with van der Waals surface area (Å²) in [5.41, 5.74) is 1.27. The Morgan fingerprint density at radius 1 is 1.32 bits per heavy atom. The van der Waals surface area contributed by atoms with Gasteiger partial charge in [-0.15, -0.1) is 0 Å². The molecule has 1 saturated heterocycles. The van der Waals surface area contributed by atoms with Gasteiger partial charge in [0.2, 0.25) is 0 Å². The number of carbonyl (C=O) groups excluding carboxylic acids is 1. The monoisotopic (exact) mass is 302 g/mol. The largest absolute Gasteiger partial charge is 0.391 e. The molecule has 1 aliphatic heterocycles. The zero-order valence-electron chi connectivity index (χ0n) is 13.2. The predicted octanol–water partition coefficient (Wildman–Crippen LogP) is 2.42. The van der Waals surface area contributed by atoms with Crippen molar-refractivity contribution in [3.05, 3.63) is 35.9 Å². The molecule has 0 radical (unpaired) electrons. The van der Waals surface area contributed by atoms with Gasteiger partial charge in [-0.1, -0.05) is 37.3 Å². The lowest BCUT2D eigenvalue weighted by molar-refractivity contribution is 0.0428. The molecule has 3 atom stereocenters. The number of β-amino-alcohol motifs (C(OH)–C–C–N with tert-alkyl or cyclic N) is 1. The van der Waals surface area contributed by atoms with Crippen LogP contribution in [0.25, 0.3) is 0 Å². The van der Waals surface area contributed by atoms with Gasteiger partial charge in [-0.05, 0) is 43.1 Å². The summed E-state index contributed by atoms with van der Waals surface area (Å²) in [6.07, 6.45) is 3.79. The molecule has 22 heavy (non-hydrogen) atoms. The summed E-state index contributed by atoms with van der Waals surface area (Å²) < 4.78 is 0. The molecule has 1 aromatic carbocycles. The number of hydrogen-bond donors (Lipinski definition) is 2. The van der Waals surface area contributed by atoms with E-state index in [2.05, 4.69) is 17.4 Å². The van der Waals surface area contributed by atoms with Crippen LogP contribution < -0.4 is 5.32 Å². The van der Waals surface area contributed by atoms with Crippen molar-refractivity contribution in [2.24, 2.45) is 11.8 Å². The number of benzene rings is 1. The van der Waals surface area contributed by atoms with E-state index in [1.54, 1.807) is 4.90 Å². The molecular weight excluding hydrogens is 276 g/mol. The molecule has 1 heterocycles. The minimum absolute atomic E-state index is 0.0150. The second kappa shape index (κ2) is 6.69. The fourth-order valence-electron chi connectivity index (χ4n) is 3.19. The third kappa shape index (κ3) is 3.80. The zero-order chi connectivity index (χ0) is 15.5. The van der Waals surface area contributed by atoms with Crippen LogP contribution >= 0.6 is 0 Å². The summed E-state index contributed by atoms with van der Waals surface area (Å²) in [7, 11) is 0. The van der Waals surface area contributed by atoms with Gasteiger partial charge in [0.1, 0.15) is 0 Å². The number of piperidine rings is 1. The summed E-state index contributed by atoms with van der Waals surface area (Å²) in [4.78, 5) is 14.3. The fourth-order valence-corrected chi connectivity index (χ4v) is 3.19. The summed E-state index contributed by atoms with van der Waals surface area (Å²) in [5.74, 6) is 0.894. The maximum Gasteiger partial charge on any atom is 0.317 e. The Hall–Kier alpha value is -1.55. The average molecular weight is 302 g/mol. The van der Waals surface area contributed by atoms with Crippen LogP contribution in [0.5, 0.6) is 0 Å². The van der Waals surface area contributed by atoms with E-state index in [1.165, 1.54) is 18.4 Å². The van der Waals surface area contributed by atoms with Gasteiger partial charge in [0, 0.05) is 19.1 Å². The number of aliphatic hydroxyl groups excluding tert-OH is 1. The maximum atomic E-state index is 12.5. The van der Waals surface area contributed by atoms with Gasteiger partial charge in [0.25, 0.3) is 0 Å². The lowest BCUT2D eigenvalue weighted by Gasteiger charge is -2.35. The molecule has 120 valence electrons. The number of aliphatic hydroxyl groups is 1. The Kier molecular flexibility index (Phi) is 4.67. The van der Waals surface area contributed by atoms with E-state index in [-0.39, 0.29) is 18.0 Å². The van der Waals surface area contributed by atoms with Crippen molar-refractivity contribution in [2.75, 3.05) is 13.1 Å². The van der Waals surface area contributed by atoms with E-state index in [1.807, 2.05) is 25.1 Å². The highest BCUT2D eigenvalue weighted by Gasteiger charge is 2.34. The third-order valence-corrected chi connectivity index (χ3v) is 5.00. The first-order valence-corrected chi connectivity index (χ1v) is 8.41. The molecular formula is C18H26N2O2. The Balaban J connectivity index is 1.58. The second-order valence-corrected chi connectivity index (χ2v) is 6.86. The Morgan fingerprint density at radius 2 is 2.05 bits per heavy atom. The van der Waals surface area contributed by atoms with Crippen molar-refractivity contribution in [1.29, 1.82) is 0 Å². The Morgan fingerprint density at radius 3 is 2.68 bits per heavy atom. The maximum absolute atomic E-state index is 12.5. The number of nitrogens with zero attached hydrogens (tertiary/aromatic N) is 1. The number of rotatable bonds is 4. The molecule has 1 aromatic rings. The topological polar surface area (TPSA) is 52.6 Å². The molecule has 3 unspecified atom stereocenters. The molecule has 4 heteroatoms. The minimum Gasteiger partial charge on any atom is -0.391 e. The van der Waals surface area contributed by atoms with E-state index in [9.17, 15) is 9.90 Å². The van der Waals surface area contributed by atoms with Crippen LogP contribution in [-0.4, -0.2) is 41.3 Å². The molecule has 0 spiro atoms. The van der Waals surface area contributed by atoms with Gasteiger partial charge < -0.3 is 15.3 Å². The van der Waals surface area contributed by atoms with Gasteiger partial charge in [0.05, 0.1) is 6.10 Å². The van der Waals surface area contributed by atoms with Crippen LogP contribution in [0.2, 0.25) is 0 Å². The van der Waals surface area contributed by atoms with Crippen molar-refractivity contribution in [3.63, 3.8) is 0 Å². The summed E-state index contributed by atoms with van der Waals surface area (Å²) in [6, 6.07) is 10.5. The van der Waals surface area contributed by atoms with E-state index in [4.69, 9.17) is 0 Å². The van der Waals surface area contributed by atoms with Crippen LogP contribution in [0.1, 0.15) is 31.7 Å². The molecule has 2 aliphatic rings. The van der Waals surface area contributed by atoms with Crippen molar-refractivity contribution < 1.29 is 9.90 Å². The van der Waals surface area contributed by atoms with Gasteiger partial charge in [-0.3, -0.25) is 0 Å². The Labute approximate surface area is 132 Å². The molecule has 2 N–H and O–H groups in total. The second-order valence-electron chi connectivity index (χ2n) is 6.86. The first kappa shape index (κ1) is 15.3. The molecule has 2 fully saturated rings. The summed E-state index contributed by atoms with van der Waals surface area (Å²) in [6.45, 7) is 3.24. The molecule has 0 bridgehead atoms. The highest BCUT2D eigenvalue weighted by Crippen LogP contribution is 2.34. The molecule has 1 aliphatic carbocycles. The van der Waals surface area contributed by atoms with Crippen molar-refractivity contribution in [2.45, 2.75) is 44.8 Å². The lowest BCUT2D eigenvalue weighted by atomic mass is 9.96. The SMILES string of the molecule is CC1CCN(C(=O)NC(Cc2ccccc2)C2CC2)CC1O. The summed E-state index contributed by atoms with van der Waals surface area (Å²) >= 11 is 0. The third-order valence-electron chi connectivity index (χ3n) is 5.00. The number of urea groups is 1. The highest BCUT2D eigenvalue weighted by molar-refractivity contribution is 5.74. The van der Waals surface area contributed by atoms with Gasteiger partial charge in [0.15, 0.2) is 0 Å². The molecule has 0 aromatic heterocycles. The Bertz CT molecular complexity index is 501. The number of hydrogen-bond acceptors (Lipinski definition) is 2. The van der Waals surface area contributed by atoms with Crippen LogP contribution in [-0.2, 0) is 6.42 Å². The van der Waals surface area contributed by atoms with E-state index in [0.29, 0.717) is 12.5 Å². The fraction of sp³-hybridized carbons (Fsp3) is 0.611.